The second-order valence-corrected chi connectivity index (χ2v) is 5.20. The van der Waals surface area contributed by atoms with Crippen LogP contribution in [0.15, 0.2) is 33.2 Å². The molecule has 2 N–H and O–H groups in total. The molecule has 2 rings (SSSR count). The molecular weight excluding hydrogens is 308 g/mol. The Hall–Kier alpha value is -1.62. The summed E-state index contributed by atoms with van der Waals surface area (Å²) in [6.45, 7) is 3.97. The van der Waals surface area contributed by atoms with Gasteiger partial charge in [-0.05, 0) is 31.2 Å². The van der Waals surface area contributed by atoms with Crippen LogP contribution >= 0.6 is 15.9 Å². The third-order valence-electron chi connectivity index (χ3n) is 2.97. The zero-order valence-electron chi connectivity index (χ0n) is 10.8. The molecule has 1 atom stereocenters. The molecule has 1 aliphatic rings. The third-order valence-corrected chi connectivity index (χ3v) is 3.46. The minimum atomic E-state index is -0.346. The normalized spacial score (nSPS) is 17.9. The number of carbonyl (C=O) groups excluding carboxylic acids is 1. The van der Waals surface area contributed by atoms with E-state index in [2.05, 4.69) is 20.9 Å². The first kappa shape index (κ1) is 13.8. The number of aliphatic imine (C=N–C) groups is 1. The molecule has 100 valence electrons. The number of hydrogen-bond donors (Lipinski definition) is 1. The van der Waals surface area contributed by atoms with Gasteiger partial charge in [-0.2, -0.15) is 0 Å². The van der Waals surface area contributed by atoms with Crippen molar-refractivity contribution in [2.45, 2.75) is 13.8 Å². The fraction of sp³-hybridized carbons (Fsp3) is 0.286. The fourth-order valence-corrected chi connectivity index (χ4v) is 2.26. The highest BCUT2D eigenvalue weighted by atomic mass is 79.9. The maximum Gasteiger partial charge on any atom is 0.334 e. The van der Waals surface area contributed by atoms with Gasteiger partial charge in [0.1, 0.15) is 5.84 Å². The van der Waals surface area contributed by atoms with Crippen molar-refractivity contribution in [3.8, 4) is 0 Å². The van der Waals surface area contributed by atoms with Gasteiger partial charge in [0.15, 0.2) is 0 Å². The predicted molar refractivity (Wildman–Crippen MR) is 79.2 cm³/mol. The van der Waals surface area contributed by atoms with E-state index >= 15 is 0 Å². The van der Waals surface area contributed by atoms with Gasteiger partial charge in [0.2, 0.25) is 0 Å². The number of nitrogens with two attached hydrogens (primary N) is 1. The molecule has 0 spiro atoms. The minimum absolute atomic E-state index is 0.259. The van der Waals surface area contributed by atoms with E-state index in [9.17, 15) is 4.79 Å². The van der Waals surface area contributed by atoms with Gasteiger partial charge >= 0.3 is 5.97 Å². The number of esters is 1. The van der Waals surface area contributed by atoms with E-state index < -0.39 is 0 Å². The number of ether oxygens (including phenoxy) is 1. The van der Waals surface area contributed by atoms with Gasteiger partial charge in [-0.3, -0.25) is 0 Å². The fourth-order valence-electron chi connectivity index (χ4n) is 1.88. The molecule has 4 nitrogen and oxygen atoms in total. The maximum atomic E-state index is 12.0. The van der Waals surface area contributed by atoms with Crippen LogP contribution in [-0.4, -0.2) is 18.4 Å². The Kier molecular flexibility index (Phi) is 4.04. The Balaban J connectivity index is 2.54. The number of benzene rings is 1. The highest BCUT2D eigenvalue weighted by Gasteiger charge is 2.24. The molecule has 0 aromatic heterocycles. The monoisotopic (exact) mass is 322 g/mol. The lowest BCUT2D eigenvalue weighted by molar-refractivity contribution is -0.138. The Bertz CT molecular complexity index is 579. The van der Waals surface area contributed by atoms with Gasteiger partial charge in [-0.25, -0.2) is 9.79 Å². The lowest BCUT2D eigenvalue weighted by atomic mass is 9.98. The summed E-state index contributed by atoms with van der Waals surface area (Å²) in [6.07, 6.45) is 1.80. The molecule has 0 saturated heterocycles. The standard InChI is InChI=1S/C14H15BrN2O2/c1-3-19-14(18)11-7-9-6-10(15)4-5-12(9)17-13(16)8(11)2/h4-8H,3H2,1-2H3,(H2,16,17). The molecule has 19 heavy (non-hydrogen) atoms. The molecule has 1 unspecified atom stereocenters. The molecule has 1 aliphatic heterocycles. The third kappa shape index (κ3) is 2.87. The Labute approximate surface area is 120 Å². The lowest BCUT2D eigenvalue weighted by Crippen LogP contribution is -2.26. The van der Waals surface area contributed by atoms with Gasteiger partial charge in [0.05, 0.1) is 12.3 Å². The van der Waals surface area contributed by atoms with Gasteiger partial charge in [0, 0.05) is 21.5 Å². The van der Waals surface area contributed by atoms with Gasteiger partial charge in [-0.15, -0.1) is 0 Å². The summed E-state index contributed by atoms with van der Waals surface area (Å²) < 4.78 is 6.00. The number of rotatable bonds is 2. The van der Waals surface area contributed by atoms with Crippen molar-refractivity contribution in [1.82, 2.24) is 0 Å². The molecule has 5 heteroatoms. The number of carbonyl (C=O) groups is 1. The van der Waals surface area contributed by atoms with Crippen LogP contribution in [0.3, 0.4) is 0 Å². The largest absolute Gasteiger partial charge is 0.463 e. The summed E-state index contributed by atoms with van der Waals surface area (Å²) >= 11 is 3.41. The zero-order valence-corrected chi connectivity index (χ0v) is 12.4. The van der Waals surface area contributed by atoms with Crippen molar-refractivity contribution in [1.29, 1.82) is 0 Å². The molecule has 1 aromatic rings. The Morgan fingerprint density at radius 3 is 2.95 bits per heavy atom. The summed E-state index contributed by atoms with van der Waals surface area (Å²) in [7, 11) is 0. The summed E-state index contributed by atoms with van der Waals surface area (Å²) in [6, 6.07) is 5.66. The SMILES string of the molecule is CCOC(=O)C1=Cc2cc(Br)ccc2N=C(N)C1C. The quantitative estimate of drug-likeness (QED) is 0.851. The number of fused-ring (bicyclic) bond motifs is 1. The molecule has 0 saturated carbocycles. The maximum absolute atomic E-state index is 12.0. The van der Waals surface area contributed by atoms with Gasteiger partial charge in [0.25, 0.3) is 0 Å². The van der Waals surface area contributed by atoms with Gasteiger partial charge in [-0.1, -0.05) is 22.9 Å². The molecular formula is C14H15BrN2O2. The van der Waals surface area contributed by atoms with Crippen LogP contribution in [0.25, 0.3) is 6.08 Å². The average Bonchev–Trinajstić information content (AvgIpc) is 2.48. The number of amidine groups is 1. The average molecular weight is 323 g/mol. The Morgan fingerprint density at radius 2 is 2.26 bits per heavy atom. The van der Waals surface area contributed by atoms with Crippen molar-refractivity contribution in [3.63, 3.8) is 0 Å². The minimum Gasteiger partial charge on any atom is -0.463 e. The van der Waals surface area contributed by atoms with Crippen molar-refractivity contribution >= 4 is 39.5 Å². The smallest absolute Gasteiger partial charge is 0.334 e. The van der Waals surface area contributed by atoms with E-state index in [-0.39, 0.29) is 11.9 Å². The summed E-state index contributed by atoms with van der Waals surface area (Å²) in [4.78, 5) is 16.4. The molecule has 1 aromatic carbocycles. The Morgan fingerprint density at radius 1 is 1.53 bits per heavy atom. The molecule has 0 aliphatic carbocycles. The molecule has 0 fully saturated rings. The lowest BCUT2D eigenvalue weighted by Gasteiger charge is -2.12. The van der Waals surface area contributed by atoms with Crippen molar-refractivity contribution in [2.75, 3.05) is 6.61 Å². The van der Waals surface area contributed by atoms with Crippen LogP contribution in [0.4, 0.5) is 5.69 Å². The first-order valence-electron chi connectivity index (χ1n) is 6.05. The van der Waals surface area contributed by atoms with E-state index in [1.807, 2.05) is 25.1 Å². The number of hydrogen-bond acceptors (Lipinski definition) is 4. The van der Waals surface area contributed by atoms with Crippen LogP contribution in [0.1, 0.15) is 19.4 Å². The number of nitrogens with zero attached hydrogens (tertiary/aromatic N) is 1. The van der Waals surface area contributed by atoms with Crippen LogP contribution in [0.5, 0.6) is 0 Å². The van der Waals surface area contributed by atoms with E-state index in [1.165, 1.54) is 0 Å². The highest BCUT2D eigenvalue weighted by Crippen LogP contribution is 2.31. The van der Waals surface area contributed by atoms with Crippen molar-refractivity contribution in [3.05, 3.63) is 33.8 Å². The van der Waals surface area contributed by atoms with E-state index in [4.69, 9.17) is 10.5 Å². The van der Waals surface area contributed by atoms with Crippen LogP contribution in [0, 0.1) is 5.92 Å². The highest BCUT2D eigenvalue weighted by molar-refractivity contribution is 9.10. The number of halogens is 1. The molecule has 0 bridgehead atoms. The predicted octanol–water partition coefficient (Wildman–Crippen LogP) is 3.03. The topological polar surface area (TPSA) is 64.7 Å². The summed E-state index contributed by atoms with van der Waals surface area (Å²) in [5, 5.41) is 0. The second-order valence-electron chi connectivity index (χ2n) is 4.28. The van der Waals surface area contributed by atoms with E-state index in [1.54, 1.807) is 13.0 Å². The molecule has 0 amide bonds. The second kappa shape index (κ2) is 5.57. The van der Waals surface area contributed by atoms with E-state index in [0.717, 1.165) is 15.7 Å². The van der Waals surface area contributed by atoms with Crippen molar-refractivity contribution < 1.29 is 9.53 Å². The molecule has 1 heterocycles. The zero-order chi connectivity index (χ0) is 14.0. The summed E-state index contributed by atoms with van der Waals surface area (Å²) in [5.41, 5.74) is 8.08. The van der Waals surface area contributed by atoms with Crippen molar-refractivity contribution in [2.24, 2.45) is 16.6 Å². The molecule has 0 radical (unpaired) electrons. The van der Waals surface area contributed by atoms with Crippen LogP contribution in [0.2, 0.25) is 0 Å². The first-order valence-corrected chi connectivity index (χ1v) is 6.84. The first-order chi connectivity index (χ1) is 9.02. The summed E-state index contributed by atoms with van der Waals surface area (Å²) in [5.74, 6) is -0.188. The van der Waals surface area contributed by atoms with Gasteiger partial charge < -0.3 is 10.5 Å². The van der Waals surface area contributed by atoms with Crippen LogP contribution in [-0.2, 0) is 9.53 Å². The van der Waals surface area contributed by atoms with Crippen LogP contribution < -0.4 is 5.73 Å². The van der Waals surface area contributed by atoms with E-state index in [0.29, 0.717) is 18.0 Å².